The molecule has 2 rings (SSSR count). The summed E-state index contributed by atoms with van der Waals surface area (Å²) in [5, 5.41) is 14.5. The molecule has 0 saturated carbocycles. The molecule has 0 bridgehead atoms. The van der Waals surface area contributed by atoms with Crippen LogP contribution in [0.25, 0.3) is 0 Å². The Morgan fingerprint density at radius 3 is 2.68 bits per heavy atom. The molecule has 0 saturated heterocycles. The van der Waals surface area contributed by atoms with Crippen LogP contribution in [-0.4, -0.2) is 27.3 Å². The normalized spacial score (nSPS) is 11.0. The van der Waals surface area contributed by atoms with Gasteiger partial charge in [-0.1, -0.05) is 18.2 Å². The lowest BCUT2D eigenvalue weighted by molar-refractivity contribution is 0.617. The Labute approximate surface area is 164 Å². The van der Waals surface area contributed by atoms with E-state index in [0.717, 1.165) is 17.2 Å². The minimum atomic E-state index is -0.205. The van der Waals surface area contributed by atoms with Gasteiger partial charge in [-0.25, -0.2) is 9.38 Å². The SMILES string of the molecule is C=CCNC(=NCc1ccc(F)c(C)c1)NCc1nnc(C)n1C.I. The van der Waals surface area contributed by atoms with E-state index in [1.807, 2.05) is 18.5 Å². The quantitative estimate of drug-likeness (QED) is 0.302. The zero-order chi connectivity index (χ0) is 17.5. The molecule has 0 aliphatic rings. The average molecular weight is 458 g/mol. The Balaban J connectivity index is 0.00000312. The van der Waals surface area contributed by atoms with Crippen LogP contribution in [0.1, 0.15) is 22.8 Å². The first-order valence-corrected chi connectivity index (χ1v) is 7.74. The van der Waals surface area contributed by atoms with Gasteiger partial charge in [-0.2, -0.15) is 0 Å². The summed E-state index contributed by atoms with van der Waals surface area (Å²) in [6.45, 7) is 8.88. The number of nitrogens with zero attached hydrogens (tertiary/aromatic N) is 4. The molecule has 6 nitrogen and oxygen atoms in total. The molecule has 0 fully saturated rings. The lowest BCUT2D eigenvalue weighted by Crippen LogP contribution is -2.37. The lowest BCUT2D eigenvalue weighted by Gasteiger charge is -2.11. The molecule has 0 aliphatic carbocycles. The van der Waals surface area contributed by atoms with Gasteiger partial charge in [0.1, 0.15) is 11.6 Å². The second-order valence-corrected chi connectivity index (χ2v) is 5.49. The molecule has 25 heavy (non-hydrogen) atoms. The van der Waals surface area contributed by atoms with E-state index >= 15 is 0 Å². The largest absolute Gasteiger partial charge is 0.353 e. The van der Waals surface area contributed by atoms with E-state index in [1.165, 1.54) is 6.07 Å². The second kappa shape index (κ2) is 10.1. The molecule has 2 aromatic rings. The Morgan fingerprint density at radius 2 is 2.08 bits per heavy atom. The van der Waals surface area contributed by atoms with Crippen molar-refractivity contribution in [3.05, 3.63) is 59.4 Å². The minimum absolute atomic E-state index is 0. The zero-order valence-corrected chi connectivity index (χ0v) is 17.0. The highest BCUT2D eigenvalue weighted by molar-refractivity contribution is 14.0. The van der Waals surface area contributed by atoms with Gasteiger partial charge in [0, 0.05) is 13.6 Å². The number of guanidine groups is 1. The maximum absolute atomic E-state index is 13.3. The van der Waals surface area contributed by atoms with Crippen molar-refractivity contribution in [1.82, 2.24) is 25.4 Å². The third-order valence-corrected chi connectivity index (χ3v) is 3.65. The first-order valence-electron chi connectivity index (χ1n) is 7.74. The molecular weight excluding hydrogens is 434 g/mol. The number of rotatable bonds is 6. The maximum Gasteiger partial charge on any atom is 0.192 e. The molecule has 136 valence electrons. The van der Waals surface area contributed by atoms with Crippen molar-refractivity contribution in [3.8, 4) is 0 Å². The van der Waals surface area contributed by atoms with Crippen LogP contribution < -0.4 is 10.6 Å². The number of nitrogens with one attached hydrogen (secondary N) is 2. The Bertz CT molecular complexity index is 741. The molecule has 1 aromatic carbocycles. The third-order valence-electron chi connectivity index (χ3n) is 3.65. The van der Waals surface area contributed by atoms with E-state index in [1.54, 1.807) is 25.1 Å². The predicted octanol–water partition coefficient (Wildman–Crippen LogP) is 2.61. The van der Waals surface area contributed by atoms with Crippen LogP contribution in [0.4, 0.5) is 4.39 Å². The number of aryl methyl sites for hydroxylation is 2. The first kappa shape index (κ1) is 21.1. The number of hydrogen-bond acceptors (Lipinski definition) is 3. The van der Waals surface area contributed by atoms with Crippen LogP contribution >= 0.6 is 24.0 Å². The van der Waals surface area contributed by atoms with Gasteiger partial charge in [0.15, 0.2) is 11.8 Å². The molecular formula is C17H24FIN6. The van der Waals surface area contributed by atoms with Crippen molar-refractivity contribution in [2.24, 2.45) is 12.0 Å². The monoisotopic (exact) mass is 458 g/mol. The summed E-state index contributed by atoms with van der Waals surface area (Å²) in [7, 11) is 1.92. The van der Waals surface area contributed by atoms with Crippen LogP contribution in [-0.2, 0) is 20.1 Å². The molecule has 2 N–H and O–H groups in total. The number of aliphatic imine (C=N–C) groups is 1. The summed E-state index contributed by atoms with van der Waals surface area (Å²) >= 11 is 0. The number of hydrogen-bond donors (Lipinski definition) is 2. The fourth-order valence-corrected chi connectivity index (χ4v) is 2.09. The molecule has 0 spiro atoms. The highest BCUT2D eigenvalue weighted by Gasteiger charge is 2.06. The fraction of sp³-hybridized carbons (Fsp3) is 0.353. The van der Waals surface area contributed by atoms with Gasteiger partial charge in [0.2, 0.25) is 0 Å². The second-order valence-electron chi connectivity index (χ2n) is 5.49. The van der Waals surface area contributed by atoms with Crippen molar-refractivity contribution in [1.29, 1.82) is 0 Å². The van der Waals surface area contributed by atoms with Gasteiger partial charge in [0.25, 0.3) is 0 Å². The summed E-state index contributed by atoms with van der Waals surface area (Å²) in [4.78, 5) is 4.52. The lowest BCUT2D eigenvalue weighted by atomic mass is 10.1. The Kier molecular flexibility index (Phi) is 8.53. The van der Waals surface area contributed by atoms with Gasteiger partial charge >= 0.3 is 0 Å². The van der Waals surface area contributed by atoms with Crippen molar-refractivity contribution >= 4 is 29.9 Å². The number of benzene rings is 1. The van der Waals surface area contributed by atoms with Crippen molar-refractivity contribution in [2.45, 2.75) is 26.9 Å². The van der Waals surface area contributed by atoms with Gasteiger partial charge in [0.05, 0.1) is 13.1 Å². The summed E-state index contributed by atoms with van der Waals surface area (Å²) in [5.41, 5.74) is 1.56. The van der Waals surface area contributed by atoms with E-state index in [0.29, 0.717) is 31.2 Å². The van der Waals surface area contributed by atoms with E-state index in [-0.39, 0.29) is 29.8 Å². The van der Waals surface area contributed by atoms with Crippen LogP contribution in [0.15, 0.2) is 35.8 Å². The summed E-state index contributed by atoms with van der Waals surface area (Å²) in [6.07, 6.45) is 1.76. The van der Waals surface area contributed by atoms with Gasteiger partial charge in [-0.3, -0.25) is 0 Å². The third kappa shape index (κ3) is 6.11. The molecule has 0 aliphatic heterocycles. The highest BCUT2D eigenvalue weighted by atomic mass is 127. The minimum Gasteiger partial charge on any atom is -0.353 e. The first-order chi connectivity index (χ1) is 11.5. The predicted molar refractivity (Wildman–Crippen MR) is 108 cm³/mol. The fourth-order valence-electron chi connectivity index (χ4n) is 2.09. The van der Waals surface area contributed by atoms with Crippen LogP contribution in [0.2, 0.25) is 0 Å². The molecule has 8 heteroatoms. The topological polar surface area (TPSA) is 67.1 Å². The van der Waals surface area contributed by atoms with Crippen LogP contribution in [0.5, 0.6) is 0 Å². The number of halogens is 2. The zero-order valence-electron chi connectivity index (χ0n) is 14.7. The van der Waals surface area contributed by atoms with Crippen LogP contribution in [0, 0.1) is 19.7 Å². The highest BCUT2D eigenvalue weighted by Crippen LogP contribution is 2.10. The average Bonchev–Trinajstić information content (AvgIpc) is 2.89. The number of aromatic nitrogens is 3. The molecule has 1 heterocycles. The van der Waals surface area contributed by atoms with Crippen LogP contribution in [0.3, 0.4) is 0 Å². The molecule has 0 amide bonds. The molecule has 0 radical (unpaired) electrons. The molecule has 0 unspecified atom stereocenters. The van der Waals surface area contributed by atoms with Crippen molar-refractivity contribution in [3.63, 3.8) is 0 Å². The maximum atomic E-state index is 13.3. The molecule has 1 aromatic heterocycles. The van der Waals surface area contributed by atoms with E-state index in [4.69, 9.17) is 0 Å². The van der Waals surface area contributed by atoms with Gasteiger partial charge in [-0.15, -0.1) is 40.8 Å². The molecule has 0 atom stereocenters. The standard InChI is InChI=1S/C17H23FN6.HI/c1-5-8-19-17(21-11-16-23-22-13(3)24(16)4)20-10-14-6-7-15(18)12(2)9-14;/h5-7,9H,1,8,10-11H2,2-4H3,(H2,19,20,21);1H. The van der Waals surface area contributed by atoms with E-state index < -0.39 is 0 Å². The summed E-state index contributed by atoms with van der Waals surface area (Å²) in [6, 6.07) is 5.01. The summed E-state index contributed by atoms with van der Waals surface area (Å²) in [5.74, 6) is 2.10. The Morgan fingerprint density at radius 1 is 1.32 bits per heavy atom. The summed E-state index contributed by atoms with van der Waals surface area (Å²) < 4.78 is 15.2. The smallest absolute Gasteiger partial charge is 0.192 e. The van der Waals surface area contributed by atoms with E-state index in [9.17, 15) is 4.39 Å². The Hall–Kier alpha value is -1.97. The van der Waals surface area contributed by atoms with Crippen molar-refractivity contribution in [2.75, 3.05) is 6.54 Å². The van der Waals surface area contributed by atoms with Gasteiger partial charge < -0.3 is 15.2 Å². The van der Waals surface area contributed by atoms with Crippen molar-refractivity contribution < 1.29 is 4.39 Å². The van der Waals surface area contributed by atoms with E-state index in [2.05, 4.69) is 32.4 Å². The van der Waals surface area contributed by atoms with Gasteiger partial charge in [-0.05, 0) is 31.0 Å².